The van der Waals surface area contributed by atoms with Gasteiger partial charge in [0.25, 0.3) is 0 Å². The third kappa shape index (κ3) is 6.66. The van der Waals surface area contributed by atoms with Crippen molar-refractivity contribution >= 4 is 10.1 Å². The zero-order valence-corrected chi connectivity index (χ0v) is 21.9. The van der Waals surface area contributed by atoms with Crippen LogP contribution in [0.25, 0.3) is 0 Å². The molecule has 40 heavy (non-hydrogen) atoms. The second kappa shape index (κ2) is 12.1. The maximum absolute atomic E-state index is 13.0. The molecule has 0 N–H and O–H groups in total. The molecule has 0 bridgehead atoms. The van der Waals surface area contributed by atoms with Crippen molar-refractivity contribution < 1.29 is 109 Å². The lowest BCUT2D eigenvalue weighted by Gasteiger charge is -2.42. The highest BCUT2D eigenvalue weighted by Gasteiger charge is 2.95. The van der Waals surface area contributed by atoms with Gasteiger partial charge in [0.2, 0.25) is 0 Å². The van der Waals surface area contributed by atoms with Crippen LogP contribution in [0.2, 0.25) is 0 Å². The van der Waals surface area contributed by atoms with Crippen molar-refractivity contribution in [2.45, 2.75) is 66.7 Å². The molecule has 0 aromatic heterocycles. The quantitative estimate of drug-likeness (QED) is 0.112. The molecule has 1 aromatic carbocycles. The van der Waals surface area contributed by atoms with E-state index in [0.717, 1.165) is 0 Å². The van der Waals surface area contributed by atoms with Crippen LogP contribution in [0.15, 0.2) is 30.3 Å². The van der Waals surface area contributed by atoms with Gasteiger partial charge in [-0.15, -0.1) is 0 Å². The Labute approximate surface area is 224 Å². The van der Waals surface area contributed by atoms with Crippen LogP contribution in [-0.4, -0.2) is 64.4 Å². The van der Waals surface area contributed by atoms with Gasteiger partial charge in [-0.1, -0.05) is 31.5 Å². The highest BCUT2D eigenvalue weighted by molar-refractivity contribution is 7.86. The van der Waals surface area contributed by atoms with Crippen LogP contribution >= 0.6 is 0 Å². The van der Waals surface area contributed by atoms with Crippen LogP contribution in [0.3, 0.4) is 0 Å². The number of hydrogen-bond acceptors (Lipinski definition) is 3. The highest BCUT2D eigenvalue weighted by Crippen LogP contribution is 2.64. The fraction of sp³-hybridized carbons (Fsp3) is 0.667. The van der Waals surface area contributed by atoms with E-state index in [2.05, 4.69) is 37.3 Å². The topological polar surface area (TPSA) is 57.2 Å². The van der Waals surface area contributed by atoms with Crippen LogP contribution in [0.5, 0.6) is 0 Å². The van der Waals surface area contributed by atoms with Gasteiger partial charge in [0.1, 0.15) is 4.43 Å². The highest BCUT2D eigenvalue weighted by atomic mass is 127. The first-order valence-corrected chi connectivity index (χ1v) is 13.8. The van der Waals surface area contributed by atoms with Gasteiger partial charge >= 0.3 is 68.2 Å². The maximum Gasteiger partial charge on any atom is 0.460 e. The molecule has 0 fully saturated rings. The van der Waals surface area contributed by atoms with Crippen LogP contribution in [0.1, 0.15) is 19.8 Å². The second-order valence-electron chi connectivity index (χ2n) is 7.39. The molecule has 1 rings (SSSR count). The fourth-order valence-electron chi connectivity index (χ4n) is 2.12. The van der Waals surface area contributed by atoms with Crippen molar-refractivity contribution in [2.24, 2.45) is 0 Å². The zero-order valence-electron chi connectivity index (χ0n) is 18.9. The summed E-state index contributed by atoms with van der Waals surface area (Å²) in [5.41, 5.74) is 0. The lowest BCUT2D eigenvalue weighted by Crippen LogP contribution is -3.62. The summed E-state index contributed by atoms with van der Waals surface area (Å²) in [4.78, 5) is 0. The van der Waals surface area contributed by atoms with Crippen molar-refractivity contribution in [3.05, 3.63) is 33.9 Å². The summed E-state index contributed by atoms with van der Waals surface area (Å²) in [5.74, 6) is -52.1. The first kappa shape index (κ1) is 38.7. The third-order valence-corrected chi connectivity index (χ3v) is 8.26. The average Bonchev–Trinajstić information content (AvgIpc) is 2.78. The van der Waals surface area contributed by atoms with Gasteiger partial charge in [-0.05, 0) is 18.6 Å². The standard InChI is InChI=1S/C10H14I.C8HF17O3S/c1-2-3-9-11-10-7-5-4-6-8-10;9-1(10,3(13,14)5(17,18)7(21,22)23)2(11,12)4(15,16)6(19,20)8(24,25)29(26,27)28/h4-8H,2-3,9H2,1H3;(H,26,27,28)/q+1;/p-1. The molecule has 0 aliphatic rings. The van der Waals surface area contributed by atoms with Crippen LogP contribution < -0.4 is 21.2 Å². The second-order valence-corrected chi connectivity index (χ2v) is 11.9. The summed E-state index contributed by atoms with van der Waals surface area (Å²) >= 11 is 0.320. The Morgan fingerprint density at radius 1 is 0.625 bits per heavy atom. The molecule has 0 radical (unpaired) electrons. The van der Waals surface area contributed by atoms with E-state index < -0.39 is 57.1 Å². The molecule has 0 heterocycles. The predicted molar refractivity (Wildman–Crippen MR) is 95.3 cm³/mol. The van der Waals surface area contributed by atoms with Gasteiger partial charge in [0.05, 0.1) is 0 Å². The Hall–Kier alpha value is -1.33. The number of halogens is 18. The minimum absolute atomic E-state index is 0.320. The van der Waals surface area contributed by atoms with Gasteiger partial charge in [0.15, 0.2) is 13.7 Å². The number of unbranched alkanes of at least 4 members (excludes halogenated alkanes) is 1. The molecule has 0 saturated carbocycles. The smallest absolute Gasteiger partial charge is 0.460 e. The molecular formula is C18H14F17IO3S. The first-order valence-electron chi connectivity index (χ1n) is 9.74. The average molecular weight is 760 g/mol. The minimum Gasteiger partial charge on any atom is -0.743 e. The lowest BCUT2D eigenvalue weighted by molar-refractivity contribution is -0.627. The predicted octanol–water partition coefficient (Wildman–Crippen LogP) is 4.24. The van der Waals surface area contributed by atoms with Gasteiger partial charge in [0, 0.05) is 0 Å². The van der Waals surface area contributed by atoms with Gasteiger partial charge in [-0.2, -0.15) is 74.6 Å². The summed E-state index contributed by atoms with van der Waals surface area (Å²) in [6, 6.07) is 10.9. The Morgan fingerprint density at radius 3 is 1.30 bits per heavy atom. The van der Waals surface area contributed by atoms with E-state index in [1.807, 2.05) is 0 Å². The fourth-order valence-corrected chi connectivity index (χ4v) is 5.25. The van der Waals surface area contributed by atoms with Crippen LogP contribution in [0, 0.1) is 3.57 Å². The molecule has 0 unspecified atom stereocenters. The van der Waals surface area contributed by atoms with E-state index in [-0.39, 0.29) is 0 Å². The van der Waals surface area contributed by atoms with E-state index >= 15 is 0 Å². The van der Waals surface area contributed by atoms with Gasteiger partial charge < -0.3 is 4.55 Å². The number of benzene rings is 1. The summed E-state index contributed by atoms with van der Waals surface area (Å²) in [6.07, 6.45) is -5.15. The van der Waals surface area contributed by atoms with Crippen LogP contribution in [-0.2, 0) is 10.1 Å². The first-order chi connectivity index (χ1) is 17.4. The van der Waals surface area contributed by atoms with Crippen molar-refractivity contribution in [2.75, 3.05) is 4.43 Å². The van der Waals surface area contributed by atoms with E-state index in [1.165, 1.54) is 17.3 Å². The van der Waals surface area contributed by atoms with Crippen molar-refractivity contribution in [3.63, 3.8) is 0 Å². The normalized spacial score (nSPS) is 15.0. The number of rotatable bonds is 11. The monoisotopic (exact) mass is 760 g/mol. The van der Waals surface area contributed by atoms with Gasteiger partial charge in [-0.3, -0.25) is 0 Å². The molecule has 22 heteroatoms. The van der Waals surface area contributed by atoms with Crippen molar-refractivity contribution in [3.8, 4) is 0 Å². The van der Waals surface area contributed by atoms with E-state index in [0.29, 0.717) is 21.2 Å². The summed E-state index contributed by atoms with van der Waals surface area (Å²) in [6.45, 7) is 2.26. The zero-order chi connectivity index (χ0) is 32.4. The SMILES string of the molecule is CCCC[I+]c1ccccc1.O=S(=O)([O-])C(F)(F)C(F)(F)C(F)(F)C(F)(F)C(F)(F)C(F)(F)C(F)(F)C(F)(F)F. The lowest BCUT2D eigenvalue weighted by atomic mass is 9.91. The molecule has 3 nitrogen and oxygen atoms in total. The van der Waals surface area contributed by atoms with E-state index in [4.69, 9.17) is 0 Å². The molecular weight excluding hydrogens is 746 g/mol. The molecule has 0 saturated heterocycles. The molecule has 0 aliphatic carbocycles. The minimum atomic E-state index is -8.92. The summed E-state index contributed by atoms with van der Waals surface area (Å²) in [5, 5.41) is -7.95. The van der Waals surface area contributed by atoms with Crippen LogP contribution in [0.4, 0.5) is 74.6 Å². The Balaban J connectivity index is 0.00000114. The number of alkyl halides is 18. The van der Waals surface area contributed by atoms with E-state index in [9.17, 15) is 87.6 Å². The summed E-state index contributed by atoms with van der Waals surface area (Å²) in [7, 11) is -8.14. The Kier molecular flexibility index (Phi) is 11.7. The molecule has 1 aromatic rings. The Bertz CT molecular complexity index is 1070. The molecule has 0 amide bonds. The van der Waals surface area contributed by atoms with Crippen molar-refractivity contribution in [1.29, 1.82) is 0 Å². The van der Waals surface area contributed by atoms with Gasteiger partial charge in [-0.25, -0.2) is 8.42 Å². The largest absolute Gasteiger partial charge is 0.743 e. The summed E-state index contributed by atoms with van der Waals surface area (Å²) < 4.78 is 247. The molecule has 236 valence electrons. The van der Waals surface area contributed by atoms with Crippen molar-refractivity contribution in [1.82, 2.24) is 0 Å². The number of hydrogen-bond donors (Lipinski definition) is 0. The third-order valence-electron chi connectivity index (χ3n) is 4.48. The maximum atomic E-state index is 13.0. The molecule has 0 aliphatic heterocycles. The molecule has 0 atom stereocenters. The Morgan fingerprint density at radius 2 is 0.975 bits per heavy atom. The van der Waals surface area contributed by atoms with E-state index in [1.54, 1.807) is 3.57 Å². The molecule has 0 spiro atoms.